The van der Waals surface area contributed by atoms with E-state index in [9.17, 15) is 0 Å². The number of unbranched alkanes of at least 4 members (excludes halogenated alkanes) is 14. The van der Waals surface area contributed by atoms with Gasteiger partial charge in [-0.1, -0.05) is 96.5 Å². The van der Waals surface area contributed by atoms with Gasteiger partial charge in [-0.15, -0.1) is 0 Å². The van der Waals surface area contributed by atoms with Crippen LogP contribution in [0, 0.1) is 0 Å². The molecule has 0 saturated carbocycles. The molecule has 0 spiro atoms. The fourth-order valence-corrected chi connectivity index (χ4v) is 3.49. The standard InChI is InChI=1S/C22H41N/c1-3-4-5-6-7-8-9-10-11-12-13-14-15-16-17-18-22-19-20-23-21(22)2/h18H,3-17,19-20H2,1-2H3/b22-18-. The smallest absolute Gasteiger partial charge is 0.0433 e. The Hall–Kier alpha value is -0.590. The summed E-state index contributed by atoms with van der Waals surface area (Å²) in [5.41, 5.74) is 2.80. The summed E-state index contributed by atoms with van der Waals surface area (Å²) in [5, 5.41) is 0. The minimum Gasteiger partial charge on any atom is -0.289 e. The number of hydrogen-bond donors (Lipinski definition) is 0. The van der Waals surface area contributed by atoms with Crippen LogP contribution in [0.5, 0.6) is 0 Å². The molecule has 0 fully saturated rings. The van der Waals surface area contributed by atoms with Gasteiger partial charge >= 0.3 is 0 Å². The number of aliphatic imine (C=N–C) groups is 1. The van der Waals surface area contributed by atoms with E-state index in [1.165, 1.54) is 114 Å². The molecule has 0 bridgehead atoms. The summed E-state index contributed by atoms with van der Waals surface area (Å²) < 4.78 is 0. The van der Waals surface area contributed by atoms with E-state index in [-0.39, 0.29) is 0 Å². The van der Waals surface area contributed by atoms with Gasteiger partial charge in [-0.3, -0.25) is 4.99 Å². The van der Waals surface area contributed by atoms with Gasteiger partial charge in [0.15, 0.2) is 0 Å². The zero-order valence-electron chi connectivity index (χ0n) is 16.0. The van der Waals surface area contributed by atoms with Gasteiger partial charge in [-0.2, -0.15) is 0 Å². The Morgan fingerprint density at radius 3 is 1.65 bits per heavy atom. The van der Waals surface area contributed by atoms with E-state index >= 15 is 0 Å². The Morgan fingerprint density at radius 2 is 1.22 bits per heavy atom. The van der Waals surface area contributed by atoms with Crippen LogP contribution in [0.15, 0.2) is 16.6 Å². The fourth-order valence-electron chi connectivity index (χ4n) is 3.49. The maximum Gasteiger partial charge on any atom is 0.0433 e. The van der Waals surface area contributed by atoms with E-state index in [1.54, 1.807) is 0 Å². The number of nitrogens with zero attached hydrogens (tertiary/aromatic N) is 1. The zero-order chi connectivity index (χ0) is 16.6. The first-order valence-corrected chi connectivity index (χ1v) is 10.5. The van der Waals surface area contributed by atoms with Crippen molar-refractivity contribution in [2.75, 3.05) is 6.54 Å². The predicted octanol–water partition coefficient (Wildman–Crippen LogP) is 7.65. The first kappa shape index (κ1) is 20.5. The van der Waals surface area contributed by atoms with Gasteiger partial charge in [-0.05, 0) is 31.8 Å². The first-order chi connectivity index (χ1) is 11.3. The Balaban J connectivity index is 1.74. The highest BCUT2D eigenvalue weighted by Crippen LogP contribution is 2.16. The van der Waals surface area contributed by atoms with E-state index in [0.29, 0.717) is 0 Å². The summed E-state index contributed by atoms with van der Waals surface area (Å²) in [6.45, 7) is 5.48. The average molecular weight is 320 g/mol. The molecule has 0 N–H and O–H groups in total. The molecular weight excluding hydrogens is 278 g/mol. The molecule has 1 rings (SSSR count). The van der Waals surface area contributed by atoms with Gasteiger partial charge in [0, 0.05) is 12.3 Å². The van der Waals surface area contributed by atoms with E-state index in [1.807, 2.05) is 0 Å². The quantitative estimate of drug-likeness (QED) is 0.275. The van der Waals surface area contributed by atoms with Crippen LogP contribution in [0.3, 0.4) is 0 Å². The van der Waals surface area contributed by atoms with Crippen molar-refractivity contribution in [2.24, 2.45) is 4.99 Å². The van der Waals surface area contributed by atoms with Crippen molar-refractivity contribution in [1.82, 2.24) is 0 Å². The molecule has 0 aromatic rings. The Labute approximate surface area is 146 Å². The Morgan fingerprint density at radius 1 is 0.739 bits per heavy atom. The third-order valence-corrected chi connectivity index (χ3v) is 5.14. The fraction of sp³-hybridized carbons (Fsp3) is 0.864. The normalized spacial score (nSPS) is 16.3. The minimum absolute atomic E-state index is 1.02. The van der Waals surface area contributed by atoms with Crippen LogP contribution in [0.25, 0.3) is 0 Å². The molecule has 0 aromatic carbocycles. The molecule has 23 heavy (non-hydrogen) atoms. The highest BCUT2D eigenvalue weighted by molar-refractivity contribution is 5.99. The minimum atomic E-state index is 1.02. The molecule has 0 radical (unpaired) electrons. The SMILES string of the molecule is CCCCCCCCCCCCCCCC/C=C1/CCN=C1C. The van der Waals surface area contributed by atoms with Crippen molar-refractivity contribution in [3.8, 4) is 0 Å². The van der Waals surface area contributed by atoms with Gasteiger partial charge < -0.3 is 0 Å². The van der Waals surface area contributed by atoms with Crippen molar-refractivity contribution in [3.05, 3.63) is 11.6 Å². The van der Waals surface area contributed by atoms with Crippen molar-refractivity contribution in [2.45, 2.75) is 117 Å². The Kier molecular flexibility index (Phi) is 13.3. The van der Waals surface area contributed by atoms with Gasteiger partial charge in [0.25, 0.3) is 0 Å². The summed E-state index contributed by atoms with van der Waals surface area (Å²) in [6.07, 6.45) is 25.1. The second kappa shape index (κ2) is 15.0. The number of rotatable bonds is 15. The molecule has 1 heteroatoms. The third kappa shape index (κ3) is 11.6. The topological polar surface area (TPSA) is 12.4 Å². The van der Waals surface area contributed by atoms with Crippen LogP contribution in [0.4, 0.5) is 0 Å². The molecule has 1 aliphatic rings. The molecule has 0 unspecified atom stereocenters. The molecule has 1 nitrogen and oxygen atoms in total. The number of hydrogen-bond acceptors (Lipinski definition) is 1. The Bertz CT molecular complexity index is 327. The van der Waals surface area contributed by atoms with Gasteiger partial charge in [-0.25, -0.2) is 0 Å². The van der Waals surface area contributed by atoms with Crippen LogP contribution < -0.4 is 0 Å². The molecular formula is C22H41N. The van der Waals surface area contributed by atoms with Gasteiger partial charge in [0.05, 0.1) is 0 Å². The maximum absolute atomic E-state index is 4.45. The molecule has 0 aliphatic carbocycles. The lowest BCUT2D eigenvalue weighted by atomic mass is 10.0. The van der Waals surface area contributed by atoms with Crippen LogP contribution in [-0.2, 0) is 0 Å². The maximum atomic E-state index is 4.45. The van der Waals surface area contributed by atoms with E-state index in [2.05, 4.69) is 24.9 Å². The first-order valence-electron chi connectivity index (χ1n) is 10.5. The van der Waals surface area contributed by atoms with Crippen LogP contribution in [0.1, 0.15) is 117 Å². The lowest BCUT2D eigenvalue weighted by Gasteiger charge is -2.03. The van der Waals surface area contributed by atoms with Gasteiger partial charge in [0.2, 0.25) is 0 Å². The summed E-state index contributed by atoms with van der Waals surface area (Å²) in [4.78, 5) is 4.45. The number of allylic oxidation sites excluding steroid dienone is 1. The lowest BCUT2D eigenvalue weighted by molar-refractivity contribution is 0.536. The average Bonchev–Trinajstić information content (AvgIpc) is 2.96. The zero-order valence-corrected chi connectivity index (χ0v) is 16.0. The molecule has 1 aliphatic heterocycles. The summed E-state index contributed by atoms with van der Waals surface area (Å²) in [7, 11) is 0. The molecule has 0 aromatic heterocycles. The third-order valence-electron chi connectivity index (χ3n) is 5.14. The van der Waals surface area contributed by atoms with E-state index in [4.69, 9.17) is 0 Å². The van der Waals surface area contributed by atoms with Crippen LogP contribution in [-0.4, -0.2) is 12.3 Å². The molecule has 0 amide bonds. The molecule has 0 saturated heterocycles. The van der Waals surface area contributed by atoms with Crippen LogP contribution >= 0.6 is 0 Å². The van der Waals surface area contributed by atoms with Crippen molar-refractivity contribution in [3.63, 3.8) is 0 Å². The van der Waals surface area contributed by atoms with Crippen molar-refractivity contribution < 1.29 is 0 Å². The molecule has 1 heterocycles. The summed E-state index contributed by atoms with van der Waals surface area (Å²) in [6, 6.07) is 0. The molecule has 0 atom stereocenters. The monoisotopic (exact) mass is 319 g/mol. The predicted molar refractivity (Wildman–Crippen MR) is 106 cm³/mol. The summed E-state index contributed by atoms with van der Waals surface area (Å²) >= 11 is 0. The largest absolute Gasteiger partial charge is 0.289 e. The summed E-state index contributed by atoms with van der Waals surface area (Å²) in [5.74, 6) is 0. The molecule has 134 valence electrons. The van der Waals surface area contributed by atoms with Crippen LogP contribution in [0.2, 0.25) is 0 Å². The van der Waals surface area contributed by atoms with Gasteiger partial charge in [0.1, 0.15) is 0 Å². The second-order valence-electron chi connectivity index (χ2n) is 7.33. The van der Waals surface area contributed by atoms with Crippen molar-refractivity contribution >= 4 is 5.71 Å². The second-order valence-corrected chi connectivity index (χ2v) is 7.33. The van der Waals surface area contributed by atoms with E-state index in [0.717, 1.165) is 6.54 Å². The highest BCUT2D eigenvalue weighted by Gasteiger charge is 2.06. The van der Waals surface area contributed by atoms with Crippen molar-refractivity contribution in [1.29, 1.82) is 0 Å². The lowest BCUT2D eigenvalue weighted by Crippen LogP contribution is -1.89. The highest BCUT2D eigenvalue weighted by atomic mass is 14.8. The van der Waals surface area contributed by atoms with E-state index < -0.39 is 0 Å².